The zero-order valence-corrected chi connectivity index (χ0v) is 8.07. The molecule has 0 unspecified atom stereocenters. The molecule has 0 aliphatic rings. The van der Waals surface area contributed by atoms with E-state index in [2.05, 4.69) is 13.2 Å². The third-order valence-corrected chi connectivity index (χ3v) is 0.976. The van der Waals surface area contributed by atoms with Gasteiger partial charge in [-0.2, -0.15) is 0 Å². The number of aliphatic hydroxyl groups excluding tert-OH is 1. The normalized spacial score (nSPS) is 9.64. The van der Waals surface area contributed by atoms with Gasteiger partial charge in [-0.15, -0.1) is 0 Å². The lowest BCUT2D eigenvalue weighted by molar-refractivity contribution is 0.432. The second-order valence-electron chi connectivity index (χ2n) is 1.79. The fourth-order valence-electron chi connectivity index (χ4n) is 0.300. The lowest BCUT2D eigenvalue weighted by Crippen LogP contribution is -1.76. The summed E-state index contributed by atoms with van der Waals surface area (Å²) in [6.07, 6.45) is 1.55. The molecule has 0 saturated carbocycles. The molecule has 0 heterocycles. The lowest BCUT2D eigenvalue weighted by atomic mass is 10.3. The fraction of sp³-hybridized carbons (Fsp3) is 0.333. The summed E-state index contributed by atoms with van der Waals surface area (Å²) in [6.45, 7) is 12.6. The molecule has 11 heavy (non-hydrogen) atoms. The van der Waals surface area contributed by atoms with Gasteiger partial charge in [-0.1, -0.05) is 44.2 Å². The van der Waals surface area contributed by atoms with Crippen LogP contribution in [-0.4, -0.2) is 5.11 Å². The Kier molecular flexibility index (Phi) is 8.73. The van der Waals surface area contributed by atoms with Crippen LogP contribution in [0.25, 0.3) is 0 Å². The van der Waals surface area contributed by atoms with E-state index in [9.17, 15) is 0 Å². The molecule has 0 aliphatic carbocycles. The second-order valence-corrected chi connectivity index (χ2v) is 2.19. The highest BCUT2D eigenvalue weighted by atomic mass is 35.5. The van der Waals surface area contributed by atoms with Crippen LogP contribution < -0.4 is 0 Å². The van der Waals surface area contributed by atoms with Crippen LogP contribution in [0.5, 0.6) is 0 Å². The van der Waals surface area contributed by atoms with Crippen LogP contribution in [0.4, 0.5) is 0 Å². The van der Waals surface area contributed by atoms with Gasteiger partial charge in [0.2, 0.25) is 0 Å². The molecule has 2 heteroatoms. The van der Waals surface area contributed by atoms with Crippen molar-refractivity contribution in [3.8, 4) is 0 Å². The molecule has 0 bridgehead atoms. The summed E-state index contributed by atoms with van der Waals surface area (Å²) in [4.78, 5) is 0. The molecule has 0 fully saturated rings. The topological polar surface area (TPSA) is 20.2 Å². The highest BCUT2D eigenvalue weighted by molar-refractivity contribution is 6.31. The van der Waals surface area contributed by atoms with Crippen molar-refractivity contribution in [1.29, 1.82) is 0 Å². The van der Waals surface area contributed by atoms with Crippen LogP contribution in [0.3, 0.4) is 0 Å². The average Bonchev–Trinajstić information content (AvgIpc) is 1.90. The molecule has 64 valence electrons. The monoisotopic (exact) mass is 174 g/mol. The molecule has 0 spiro atoms. The first-order valence-corrected chi connectivity index (χ1v) is 3.83. The number of halogens is 1. The zero-order chi connectivity index (χ0) is 9.44. The van der Waals surface area contributed by atoms with Crippen molar-refractivity contribution in [2.75, 3.05) is 0 Å². The Bertz CT molecular complexity index is 168. The highest BCUT2D eigenvalue weighted by Crippen LogP contribution is 2.11. The molecule has 0 atom stereocenters. The Balaban J connectivity index is 0. The van der Waals surface area contributed by atoms with E-state index in [1.165, 1.54) is 0 Å². The number of hydrogen-bond acceptors (Lipinski definition) is 1. The molecule has 1 nitrogen and oxygen atoms in total. The first kappa shape index (κ1) is 12.9. The maximum Gasteiger partial charge on any atom is 0.127 e. The Hall–Kier alpha value is -0.690. The van der Waals surface area contributed by atoms with Gasteiger partial charge in [0.25, 0.3) is 0 Å². The van der Waals surface area contributed by atoms with Gasteiger partial charge in [-0.05, 0) is 13.0 Å². The van der Waals surface area contributed by atoms with Gasteiger partial charge >= 0.3 is 0 Å². The summed E-state index contributed by atoms with van der Waals surface area (Å²) in [7, 11) is 0. The van der Waals surface area contributed by atoms with Crippen molar-refractivity contribution in [3.05, 3.63) is 35.6 Å². The second kappa shape index (κ2) is 7.42. The SMILES string of the molecule is C=C(C)/C=C(/Cl)C(=C)O.CC. The summed E-state index contributed by atoms with van der Waals surface area (Å²) in [6, 6.07) is 0. The van der Waals surface area contributed by atoms with Crippen LogP contribution in [0.15, 0.2) is 35.6 Å². The van der Waals surface area contributed by atoms with E-state index < -0.39 is 0 Å². The summed E-state index contributed by atoms with van der Waals surface area (Å²) >= 11 is 5.46. The maximum absolute atomic E-state index is 8.63. The molecule has 0 radical (unpaired) electrons. The standard InChI is InChI=1S/C7H9ClO.C2H6/c1-5(2)4-7(8)6(3)9;1-2/h4,9H,1,3H2,2H3;1-2H3/b7-4+;. The van der Waals surface area contributed by atoms with Crippen molar-refractivity contribution in [3.63, 3.8) is 0 Å². The Labute approximate surface area is 73.7 Å². The van der Waals surface area contributed by atoms with Gasteiger partial charge in [0.15, 0.2) is 0 Å². The van der Waals surface area contributed by atoms with Crippen LogP contribution in [0, 0.1) is 0 Å². The molecular formula is C9H15ClO. The van der Waals surface area contributed by atoms with Crippen molar-refractivity contribution >= 4 is 11.6 Å². The minimum atomic E-state index is -0.125. The summed E-state index contributed by atoms with van der Waals surface area (Å²) in [5.74, 6) is -0.125. The smallest absolute Gasteiger partial charge is 0.127 e. The van der Waals surface area contributed by atoms with Crippen LogP contribution >= 0.6 is 11.6 Å². The molecule has 0 aliphatic heterocycles. The molecule has 0 amide bonds. The van der Waals surface area contributed by atoms with Gasteiger partial charge in [-0.3, -0.25) is 0 Å². The summed E-state index contributed by atoms with van der Waals surface area (Å²) in [5.41, 5.74) is 0.787. The minimum Gasteiger partial charge on any atom is -0.507 e. The number of aliphatic hydroxyl groups is 1. The van der Waals surface area contributed by atoms with Crippen molar-refractivity contribution in [2.24, 2.45) is 0 Å². The Morgan fingerprint density at radius 3 is 1.82 bits per heavy atom. The molecular weight excluding hydrogens is 160 g/mol. The average molecular weight is 175 g/mol. The van der Waals surface area contributed by atoms with Crippen molar-refractivity contribution in [1.82, 2.24) is 0 Å². The van der Waals surface area contributed by atoms with Gasteiger partial charge in [-0.25, -0.2) is 0 Å². The molecule has 0 aromatic heterocycles. The van der Waals surface area contributed by atoms with E-state index in [1.54, 1.807) is 13.0 Å². The van der Waals surface area contributed by atoms with E-state index in [0.29, 0.717) is 0 Å². The molecule has 0 saturated heterocycles. The largest absolute Gasteiger partial charge is 0.507 e. The molecule has 1 N–H and O–H groups in total. The van der Waals surface area contributed by atoms with Gasteiger partial charge < -0.3 is 5.11 Å². The van der Waals surface area contributed by atoms with E-state index >= 15 is 0 Å². The molecule has 0 aromatic carbocycles. The summed E-state index contributed by atoms with van der Waals surface area (Å²) < 4.78 is 0. The molecule has 0 aromatic rings. The van der Waals surface area contributed by atoms with Gasteiger partial charge in [0, 0.05) is 0 Å². The third kappa shape index (κ3) is 9.31. The number of allylic oxidation sites excluding steroid dienone is 3. The fourth-order valence-corrected chi connectivity index (χ4v) is 0.486. The van der Waals surface area contributed by atoms with E-state index in [0.717, 1.165) is 5.57 Å². The number of rotatable bonds is 2. The predicted octanol–water partition coefficient (Wildman–Crippen LogP) is 3.78. The van der Waals surface area contributed by atoms with E-state index in [4.69, 9.17) is 16.7 Å². The van der Waals surface area contributed by atoms with Crippen LogP contribution in [0.2, 0.25) is 0 Å². The van der Waals surface area contributed by atoms with E-state index in [1.807, 2.05) is 13.8 Å². The molecule has 0 rings (SSSR count). The van der Waals surface area contributed by atoms with Gasteiger partial charge in [0.1, 0.15) is 5.76 Å². The first-order valence-electron chi connectivity index (χ1n) is 3.45. The van der Waals surface area contributed by atoms with Crippen LogP contribution in [0.1, 0.15) is 20.8 Å². The van der Waals surface area contributed by atoms with Gasteiger partial charge in [0.05, 0.1) is 5.03 Å². The quantitative estimate of drug-likeness (QED) is 0.499. The van der Waals surface area contributed by atoms with Crippen molar-refractivity contribution < 1.29 is 5.11 Å². The lowest BCUT2D eigenvalue weighted by Gasteiger charge is -1.92. The van der Waals surface area contributed by atoms with E-state index in [-0.39, 0.29) is 10.8 Å². The predicted molar refractivity (Wildman–Crippen MR) is 51.9 cm³/mol. The number of hydrogen-bond donors (Lipinski definition) is 1. The highest BCUT2D eigenvalue weighted by Gasteiger charge is 1.92. The minimum absolute atomic E-state index is 0.125. The zero-order valence-electron chi connectivity index (χ0n) is 7.32. The summed E-state index contributed by atoms with van der Waals surface area (Å²) in [5, 5.41) is 8.87. The van der Waals surface area contributed by atoms with Crippen molar-refractivity contribution in [2.45, 2.75) is 20.8 Å². The Morgan fingerprint density at radius 2 is 1.73 bits per heavy atom. The third-order valence-electron chi connectivity index (χ3n) is 0.649. The maximum atomic E-state index is 8.63. The first-order chi connectivity index (χ1) is 5.04. The Morgan fingerprint density at radius 1 is 1.36 bits per heavy atom. The van der Waals surface area contributed by atoms with Crippen LogP contribution in [-0.2, 0) is 0 Å².